The number of sulfonamides is 1. The van der Waals surface area contributed by atoms with Gasteiger partial charge in [-0.15, -0.1) is 11.3 Å². The van der Waals surface area contributed by atoms with Crippen molar-refractivity contribution in [3.8, 4) is 0 Å². The molecule has 2 rings (SSSR count). The molecule has 1 aliphatic rings. The largest absolute Gasteiger partial charge is 0.391 e. The van der Waals surface area contributed by atoms with Gasteiger partial charge in [0.05, 0.1) is 11.5 Å². The average molecular weight is 290 g/mol. The number of likely N-dealkylation sites (N-methyl/N-ethyl adjacent to an activating group) is 1. The van der Waals surface area contributed by atoms with E-state index < -0.39 is 10.0 Å². The van der Waals surface area contributed by atoms with Crippen LogP contribution in [0.3, 0.4) is 0 Å². The first-order valence-corrected chi connectivity index (χ1v) is 8.28. The monoisotopic (exact) mass is 290 g/mol. The Balaban J connectivity index is 1.90. The molecule has 2 N–H and O–H groups in total. The topological polar surface area (TPSA) is 69.6 Å². The van der Waals surface area contributed by atoms with Crippen molar-refractivity contribution in [3.63, 3.8) is 0 Å². The van der Waals surface area contributed by atoms with Crippen molar-refractivity contribution >= 4 is 21.4 Å². The van der Waals surface area contributed by atoms with Gasteiger partial charge in [-0.25, -0.2) is 13.1 Å². The molecule has 5 nitrogen and oxygen atoms in total. The SMILES string of the molecule is CN(CCNS(=O)(=O)c1ccsc1CO)C1CC1. The number of nitrogens with one attached hydrogen (secondary N) is 1. The second-order valence-corrected chi connectivity index (χ2v) is 7.21. The van der Waals surface area contributed by atoms with E-state index in [0.717, 1.165) is 0 Å². The van der Waals surface area contributed by atoms with E-state index in [1.165, 1.54) is 30.2 Å². The number of aliphatic hydroxyl groups is 1. The fourth-order valence-corrected chi connectivity index (χ4v) is 4.13. The Morgan fingerprint density at radius 3 is 2.89 bits per heavy atom. The molecule has 0 radical (unpaired) electrons. The van der Waals surface area contributed by atoms with Crippen LogP contribution in [0.1, 0.15) is 17.7 Å². The van der Waals surface area contributed by atoms with E-state index >= 15 is 0 Å². The Hall–Kier alpha value is -0.470. The van der Waals surface area contributed by atoms with Crippen molar-refractivity contribution in [2.75, 3.05) is 20.1 Å². The summed E-state index contributed by atoms with van der Waals surface area (Å²) in [5.74, 6) is 0. The average Bonchev–Trinajstić information content (AvgIpc) is 3.06. The Morgan fingerprint density at radius 2 is 2.28 bits per heavy atom. The summed E-state index contributed by atoms with van der Waals surface area (Å²) in [6.07, 6.45) is 2.42. The van der Waals surface area contributed by atoms with Gasteiger partial charge in [0, 0.05) is 24.0 Å². The summed E-state index contributed by atoms with van der Waals surface area (Å²) < 4.78 is 26.6. The predicted molar refractivity (Wildman–Crippen MR) is 71.1 cm³/mol. The summed E-state index contributed by atoms with van der Waals surface area (Å²) >= 11 is 1.25. The number of hydrogen-bond acceptors (Lipinski definition) is 5. The van der Waals surface area contributed by atoms with Crippen LogP contribution in [0.25, 0.3) is 0 Å². The van der Waals surface area contributed by atoms with Crippen LogP contribution in [0.2, 0.25) is 0 Å². The molecule has 1 aromatic heterocycles. The van der Waals surface area contributed by atoms with E-state index in [1.54, 1.807) is 5.38 Å². The number of nitrogens with zero attached hydrogens (tertiary/aromatic N) is 1. The molecule has 0 atom stereocenters. The molecule has 0 bridgehead atoms. The van der Waals surface area contributed by atoms with E-state index in [0.29, 0.717) is 24.0 Å². The lowest BCUT2D eigenvalue weighted by atomic mass is 10.5. The molecular weight excluding hydrogens is 272 g/mol. The maximum Gasteiger partial charge on any atom is 0.241 e. The highest BCUT2D eigenvalue weighted by Gasteiger charge is 2.26. The number of thiophene rings is 1. The van der Waals surface area contributed by atoms with Crippen molar-refractivity contribution in [2.45, 2.75) is 30.4 Å². The van der Waals surface area contributed by atoms with Gasteiger partial charge in [0.1, 0.15) is 0 Å². The van der Waals surface area contributed by atoms with Crippen LogP contribution >= 0.6 is 11.3 Å². The van der Waals surface area contributed by atoms with Crippen LogP contribution in [0.4, 0.5) is 0 Å². The molecule has 0 spiro atoms. The molecule has 0 amide bonds. The molecule has 102 valence electrons. The summed E-state index contributed by atoms with van der Waals surface area (Å²) in [5, 5.41) is 10.8. The minimum absolute atomic E-state index is 0.198. The maximum absolute atomic E-state index is 12.0. The van der Waals surface area contributed by atoms with E-state index in [-0.39, 0.29) is 11.5 Å². The second kappa shape index (κ2) is 5.66. The predicted octanol–water partition coefficient (Wildman–Crippen LogP) is 0.613. The van der Waals surface area contributed by atoms with Gasteiger partial charge >= 0.3 is 0 Å². The van der Waals surface area contributed by atoms with Gasteiger partial charge < -0.3 is 10.0 Å². The summed E-state index contributed by atoms with van der Waals surface area (Å²) in [4.78, 5) is 2.85. The molecule has 1 fully saturated rings. The smallest absolute Gasteiger partial charge is 0.241 e. The third kappa shape index (κ3) is 3.30. The molecule has 7 heteroatoms. The Labute approximate surface area is 111 Å². The fraction of sp³-hybridized carbons (Fsp3) is 0.636. The fourth-order valence-electron chi connectivity index (χ4n) is 1.82. The molecule has 0 saturated heterocycles. The number of aliphatic hydroxyl groups excluding tert-OH is 1. The lowest BCUT2D eigenvalue weighted by Gasteiger charge is -2.15. The van der Waals surface area contributed by atoms with Crippen molar-refractivity contribution < 1.29 is 13.5 Å². The highest BCUT2D eigenvalue weighted by Crippen LogP contribution is 2.25. The van der Waals surface area contributed by atoms with Crippen LogP contribution in [-0.4, -0.2) is 44.6 Å². The standard InChI is InChI=1S/C11H18N2O3S2/c1-13(9-2-3-9)6-5-12-18(15,16)11-4-7-17-10(11)8-14/h4,7,9,12,14H,2-3,5-6,8H2,1H3. The van der Waals surface area contributed by atoms with Crippen LogP contribution < -0.4 is 4.72 Å². The Kier molecular flexibility index (Phi) is 4.39. The van der Waals surface area contributed by atoms with Gasteiger partial charge in [-0.05, 0) is 31.3 Å². The zero-order valence-corrected chi connectivity index (χ0v) is 11.9. The highest BCUT2D eigenvalue weighted by atomic mass is 32.2. The third-order valence-corrected chi connectivity index (χ3v) is 5.65. The number of hydrogen-bond donors (Lipinski definition) is 2. The van der Waals surface area contributed by atoms with Crippen molar-refractivity contribution in [2.24, 2.45) is 0 Å². The lowest BCUT2D eigenvalue weighted by molar-refractivity contribution is 0.282. The zero-order valence-electron chi connectivity index (χ0n) is 10.3. The molecule has 0 aliphatic heterocycles. The van der Waals surface area contributed by atoms with E-state index in [1.807, 2.05) is 7.05 Å². The first-order chi connectivity index (χ1) is 8.54. The minimum Gasteiger partial charge on any atom is -0.391 e. The molecule has 18 heavy (non-hydrogen) atoms. The van der Waals surface area contributed by atoms with E-state index in [9.17, 15) is 8.42 Å². The van der Waals surface area contributed by atoms with E-state index in [4.69, 9.17) is 5.11 Å². The molecule has 1 heterocycles. The summed E-state index contributed by atoms with van der Waals surface area (Å²) in [6, 6.07) is 2.16. The van der Waals surface area contributed by atoms with Gasteiger partial charge in [-0.1, -0.05) is 0 Å². The van der Waals surface area contributed by atoms with Crippen LogP contribution in [0.5, 0.6) is 0 Å². The summed E-state index contributed by atoms with van der Waals surface area (Å²) in [7, 11) is -1.48. The second-order valence-electron chi connectivity index (χ2n) is 4.48. The summed E-state index contributed by atoms with van der Waals surface area (Å²) in [5.41, 5.74) is 0. The first-order valence-electron chi connectivity index (χ1n) is 5.91. The van der Waals surface area contributed by atoms with Gasteiger partial charge in [0.25, 0.3) is 0 Å². The van der Waals surface area contributed by atoms with Gasteiger partial charge in [-0.3, -0.25) is 0 Å². The molecule has 1 aromatic rings. The van der Waals surface area contributed by atoms with Crippen LogP contribution in [-0.2, 0) is 16.6 Å². The van der Waals surface area contributed by atoms with E-state index in [2.05, 4.69) is 9.62 Å². The molecule has 1 saturated carbocycles. The van der Waals surface area contributed by atoms with Crippen molar-refractivity contribution in [1.82, 2.24) is 9.62 Å². The normalized spacial score (nSPS) is 16.4. The molecule has 0 aromatic carbocycles. The highest BCUT2D eigenvalue weighted by molar-refractivity contribution is 7.89. The molecule has 0 unspecified atom stereocenters. The van der Waals surface area contributed by atoms with Gasteiger partial charge in [0.2, 0.25) is 10.0 Å². The minimum atomic E-state index is -3.49. The lowest BCUT2D eigenvalue weighted by Crippen LogP contribution is -2.34. The Morgan fingerprint density at radius 1 is 1.56 bits per heavy atom. The first kappa shape index (κ1) is 14.0. The van der Waals surface area contributed by atoms with Crippen molar-refractivity contribution in [1.29, 1.82) is 0 Å². The zero-order chi connectivity index (χ0) is 13.2. The van der Waals surface area contributed by atoms with Gasteiger partial charge in [-0.2, -0.15) is 0 Å². The quantitative estimate of drug-likeness (QED) is 0.772. The van der Waals surface area contributed by atoms with Crippen molar-refractivity contribution in [3.05, 3.63) is 16.3 Å². The maximum atomic E-state index is 12.0. The molecular formula is C11H18N2O3S2. The van der Waals surface area contributed by atoms with Gasteiger partial charge in [0.15, 0.2) is 0 Å². The summed E-state index contributed by atoms with van der Waals surface area (Å²) in [6.45, 7) is 0.869. The van der Waals surface area contributed by atoms with Crippen LogP contribution in [0, 0.1) is 0 Å². The van der Waals surface area contributed by atoms with Crippen LogP contribution in [0.15, 0.2) is 16.3 Å². The third-order valence-electron chi connectivity index (χ3n) is 3.06. The Bertz CT molecular complexity index is 494. The number of rotatable bonds is 7. The molecule has 1 aliphatic carbocycles.